The van der Waals surface area contributed by atoms with Crippen LogP contribution in [0.4, 0.5) is 0 Å². The fraction of sp³-hybridized carbons (Fsp3) is 0. The summed E-state index contributed by atoms with van der Waals surface area (Å²) in [6.45, 7) is 0. The summed E-state index contributed by atoms with van der Waals surface area (Å²) in [5.74, 6) is -0.185. The molecule has 1 aromatic rings. The van der Waals surface area contributed by atoms with Crippen molar-refractivity contribution in [3.05, 3.63) is 84.2 Å². The van der Waals surface area contributed by atoms with E-state index < -0.39 is 0 Å². The van der Waals surface area contributed by atoms with E-state index in [1.807, 2.05) is 36.7 Å². The molecule has 1 N–H and O–H groups in total. The maximum atomic E-state index is 11.2. The fourth-order valence-electron chi connectivity index (χ4n) is 1.65. The molecule has 2 aliphatic rings. The molecule has 0 atom stereocenters. The maximum Gasteiger partial charge on any atom is 0.186 e. The summed E-state index contributed by atoms with van der Waals surface area (Å²) < 4.78 is 0. The van der Waals surface area contributed by atoms with Crippen molar-refractivity contribution >= 4 is 11.6 Å². The molecule has 0 saturated heterocycles. The van der Waals surface area contributed by atoms with Gasteiger partial charge in [0.05, 0.1) is 0 Å². The molecule has 0 aromatic heterocycles. The molecule has 1 heterocycles. The lowest BCUT2D eigenvalue weighted by Gasteiger charge is -2.06. The van der Waals surface area contributed by atoms with Crippen LogP contribution in [0.5, 0.6) is 0 Å². The molecule has 0 spiro atoms. The first-order chi connectivity index (χ1) is 9.29. The van der Waals surface area contributed by atoms with E-state index in [-0.39, 0.29) is 11.6 Å². The Bertz CT molecular complexity index is 556. The molecule has 0 fully saturated rings. The number of allylic oxidation sites excluding steroid dienone is 6. The Morgan fingerprint density at radius 1 is 0.684 bits per heavy atom. The minimum absolute atomic E-state index is 0.0924. The van der Waals surface area contributed by atoms with Crippen molar-refractivity contribution in [2.45, 2.75) is 0 Å². The van der Waals surface area contributed by atoms with Gasteiger partial charge in [0.15, 0.2) is 11.6 Å². The van der Waals surface area contributed by atoms with Gasteiger partial charge in [-0.1, -0.05) is 36.4 Å². The van der Waals surface area contributed by atoms with Crippen molar-refractivity contribution in [3.8, 4) is 0 Å². The monoisotopic (exact) mass is 251 g/mol. The third-order valence-electron chi connectivity index (χ3n) is 2.56. The minimum Gasteiger partial charge on any atom is -0.368 e. The molecule has 3 heteroatoms. The minimum atomic E-state index is -0.0924. The van der Waals surface area contributed by atoms with E-state index in [2.05, 4.69) is 5.32 Å². The second kappa shape index (κ2) is 6.31. The molecule has 1 aliphatic heterocycles. The van der Waals surface area contributed by atoms with Crippen LogP contribution in [0.2, 0.25) is 0 Å². The maximum absolute atomic E-state index is 11.2. The first-order valence-electron chi connectivity index (χ1n) is 5.89. The highest BCUT2D eigenvalue weighted by atomic mass is 16.1. The Balaban J connectivity index is 0.000000163. The Kier molecular flexibility index (Phi) is 4.24. The third-order valence-corrected chi connectivity index (χ3v) is 2.56. The number of hydrogen-bond acceptors (Lipinski definition) is 3. The van der Waals surface area contributed by atoms with E-state index in [0.717, 1.165) is 0 Å². The summed E-state index contributed by atoms with van der Waals surface area (Å²) in [5.41, 5.74) is 1.01. The average Bonchev–Trinajstić information content (AvgIpc) is 2.76. The topological polar surface area (TPSA) is 46.2 Å². The van der Waals surface area contributed by atoms with E-state index in [1.54, 1.807) is 24.3 Å². The van der Waals surface area contributed by atoms with Crippen LogP contribution in [-0.4, -0.2) is 11.6 Å². The highest BCUT2D eigenvalue weighted by Crippen LogP contribution is 2.15. The highest BCUT2D eigenvalue weighted by molar-refractivity contribution is 6.21. The summed E-state index contributed by atoms with van der Waals surface area (Å²) >= 11 is 0. The van der Waals surface area contributed by atoms with Crippen molar-refractivity contribution < 1.29 is 9.59 Å². The molecule has 3 rings (SSSR count). The van der Waals surface area contributed by atoms with Crippen molar-refractivity contribution in [1.82, 2.24) is 5.32 Å². The van der Waals surface area contributed by atoms with Gasteiger partial charge < -0.3 is 5.32 Å². The highest BCUT2D eigenvalue weighted by Gasteiger charge is 2.16. The smallest absolute Gasteiger partial charge is 0.186 e. The van der Waals surface area contributed by atoms with Gasteiger partial charge in [-0.2, -0.15) is 0 Å². The van der Waals surface area contributed by atoms with Crippen LogP contribution in [0.1, 0.15) is 20.7 Å². The zero-order valence-corrected chi connectivity index (χ0v) is 10.2. The number of hydrogen-bond donors (Lipinski definition) is 1. The number of carbonyl (C=O) groups is 2. The van der Waals surface area contributed by atoms with Crippen molar-refractivity contribution in [1.29, 1.82) is 0 Å². The van der Waals surface area contributed by atoms with Crippen molar-refractivity contribution in [3.63, 3.8) is 0 Å². The molecule has 0 saturated carbocycles. The molecule has 0 radical (unpaired) electrons. The van der Waals surface area contributed by atoms with Gasteiger partial charge in [0, 0.05) is 23.5 Å². The summed E-state index contributed by atoms with van der Waals surface area (Å²) in [6.07, 6.45) is 14.2. The molecule has 0 amide bonds. The number of rotatable bonds is 0. The molecule has 0 bridgehead atoms. The van der Waals surface area contributed by atoms with Crippen LogP contribution in [0.15, 0.2) is 73.1 Å². The molecular formula is C16H13NO2. The Hall–Kier alpha value is -2.68. The van der Waals surface area contributed by atoms with Crippen LogP contribution < -0.4 is 5.32 Å². The molecule has 3 nitrogen and oxygen atoms in total. The second-order valence-electron chi connectivity index (χ2n) is 3.88. The number of benzene rings is 1. The lowest BCUT2D eigenvalue weighted by atomic mass is 9.95. The van der Waals surface area contributed by atoms with Gasteiger partial charge in [-0.3, -0.25) is 9.59 Å². The summed E-state index contributed by atoms with van der Waals surface area (Å²) in [7, 11) is 0. The summed E-state index contributed by atoms with van der Waals surface area (Å²) in [6, 6.07) is 6.84. The van der Waals surface area contributed by atoms with Gasteiger partial charge in [0.1, 0.15) is 0 Å². The number of carbonyl (C=O) groups excluding carboxylic acids is 2. The fourth-order valence-corrected chi connectivity index (χ4v) is 1.65. The van der Waals surface area contributed by atoms with Crippen molar-refractivity contribution in [2.75, 3.05) is 0 Å². The molecule has 19 heavy (non-hydrogen) atoms. The first kappa shape index (κ1) is 12.8. The zero-order valence-electron chi connectivity index (χ0n) is 10.2. The number of nitrogens with one attached hydrogen (secondary N) is 1. The zero-order chi connectivity index (χ0) is 13.5. The Labute approximate surface area is 111 Å². The molecular weight excluding hydrogens is 238 g/mol. The predicted octanol–water partition coefficient (Wildman–Crippen LogP) is 2.80. The van der Waals surface area contributed by atoms with Crippen LogP contribution in [0.3, 0.4) is 0 Å². The second-order valence-corrected chi connectivity index (χ2v) is 3.88. The standard InChI is InChI=1S/C10H6O2.C6H7N/c11-9-5-6-10(12)8-4-2-1-3-7(8)9;1-2-4-6-7-5-3-1/h1-6H;1-7H. The molecule has 1 aliphatic carbocycles. The summed E-state index contributed by atoms with van der Waals surface area (Å²) in [4.78, 5) is 22.4. The van der Waals surface area contributed by atoms with Crippen LogP contribution in [0, 0.1) is 0 Å². The lowest BCUT2D eigenvalue weighted by Crippen LogP contribution is -2.10. The van der Waals surface area contributed by atoms with E-state index >= 15 is 0 Å². The van der Waals surface area contributed by atoms with E-state index in [9.17, 15) is 9.59 Å². The van der Waals surface area contributed by atoms with Gasteiger partial charge in [-0.25, -0.2) is 0 Å². The van der Waals surface area contributed by atoms with Gasteiger partial charge in [-0.15, -0.1) is 0 Å². The van der Waals surface area contributed by atoms with Crippen LogP contribution >= 0.6 is 0 Å². The first-order valence-corrected chi connectivity index (χ1v) is 5.89. The normalized spacial score (nSPS) is 15.2. The third kappa shape index (κ3) is 3.39. The molecule has 1 aromatic carbocycles. The molecule has 0 unspecified atom stereocenters. The van der Waals surface area contributed by atoms with Gasteiger partial charge in [0.2, 0.25) is 0 Å². The Morgan fingerprint density at radius 3 is 1.63 bits per heavy atom. The molecule has 94 valence electrons. The number of ketones is 2. The van der Waals surface area contributed by atoms with Gasteiger partial charge in [-0.05, 0) is 24.3 Å². The predicted molar refractivity (Wildman–Crippen MR) is 74.8 cm³/mol. The van der Waals surface area contributed by atoms with Gasteiger partial charge in [0.25, 0.3) is 0 Å². The average molecular weight is 251 g/mol. The quantitative estimate of drug-likeness (QED) is 0.771. The van der Waals surface area contributed by atoms with E-state index in [0.29, 0.717) is 11.1 Å². The Morgan fingerprint density at radius 2 is 1.16 bits per heavy atom. The van der Waals surface area contributed by atoms with Gasteiger partial charge >= 0.3 is 0 Å². The number of fused-ring (bicyclic) bond motifs is 1. The van der Waals surface area contributed by atoms with E-state index in [1.165, 1.54) is 12.2 Å². The largest absolute Gasteiger partial charge is 0.368 e. The lowest BCUT2D eigenvalue weighted by molar-refractivity contribution is 0.0994. The summed E-state index contributed by atoms with van der Waals surface area (Å²) in [5, 5.41) is 2.92. The van der Waals surface area contributed by atoms with E-state index in [4.69, 9.17) is 0 Å². The SMILES string of the molecule is C1=CC=CNC=C1.O=C1C=CC(=O)c2ccccc21. The van der Waals surface area contributed by atoms with Crippen LogP contribution in [0.25, 0.3) is 0 Å². The van der Waals surface area contributed by atoms with Crippen LogP contribution in [-0.2, 0) is 0 Å². The van der Waals surface area contributed by atoms with Crippen molar-refractivity contribution in [2.24, 2.45) is 0 Å².